The van der Waals surface area contributed by atoms with E-state index >= 15 is 0 Å². The molecule has 1 aromatic carbocycles. The topological polar surface area (TPSA) is 89.3 Å². The highest BCUT2D eigenvalue weighted by molar-refractivity contribution is 6.30. The van der Waals surface area contributed by atoms with Crippen LogP contribution in [0.4, 0.5) is 0 Å². The van der Waals surface area contributed by atoms with E-state index in [0.29, 0.717) is 35.7 Å². The molecule has 7 heteroatoms. The molecule has 112 valence electrons. The van der Waals surface area contributed by atoms with Gasteiger partial charge in [0.15, 0.2) is 5.96 Å². The molecule has 6 nitrogen and oxygen atoms in total. The largest absolute Gasteiger partial charge is 0.370 e. The van der Waals surface area contributed by atoms with Gasteiger partial charge in [0.1, 0.15) is 0 Å². The highest BCUT2D eigenvalue weighted by atomic mass is 35.5. The van der Waals surface area contributed by atoms with Crippen LogP contribution in [0.1, 0.15) is 19.7 Å². The third kappa shape index (κ3) is 4.75. The number of aliphatic imine (C=N–C) groups is 1. The van der Waals surface area contributed by atoms with E-state index in [2.05, 4.69) is 20.4 Å². The molecule has 0 aliphatic heterocycles. The standard InChI is InChI=1S/C14H18ClN5O/c1-9(2)18-14(16)17-7-6-12-19-13(20-21-12)10-4-3-5-11(15)8-10/h3-5,8-9H,6-7H2,1-2H3,(H3,16,17,18). The average Bonchev–Trinajstić information content (AvgIpc) is 2.86. The zero-order valence-corrected chi connectivity index (χ0v) is 12.8. The van der Waals surface area contributed by atoms with Crippen LogP contribution in [-0.2, 0) is 6.42 Å². The number of benzene rings is 1. The summed E-state index contributed by atoms with van der Waals surface area (Å²) in [5, 5.41) is 7.58. The van der Waals surface area contributed by atoms with E-state index in [9.17, 15) is 0 Å². The number of aromatic nitrogens is 2. The average molecular weight is 308 g/mol. The molecule has 0 atom stereocenters. The van der Waals surface area contributed by atoms with Gasteiger partial charge in [0.05, 0.1) is 6.54 Å². The highest BCUT2D eigenvalue weighted by Crippen LogP contribution is 2.19. The molecule has 0 spiro atoms. The lowest BCUT2D eigenvalue weighted by Crippen LogP contribution is -2.36. The van der Waals surface area contributed by atoms with Gasteiger partial charge < -0.3 is 15.6 Å². The molecule has 0 radical (unpaired) electrons. The van der Waals surface area contributed by atoms with Crippen molar-refractivity contribution in [2.24, 2.45) is 10.7 Å². The van der Waals surface area contributed by atoms with Gasteiger partial charge in [-0.05, 0) is 26.0 Å². The van der Waals surface area contributed by atoms with Crippen LogP contribution in [0.3, 0.4) is 0 Å². The Kier molecular flexibility index (Phi) is 5.16. The van der Waals surface area contributed by atoms with Gasteiger partial charge in [-0.25, -0.2) is 0 Å². The summed E-state index contributed by atoms with van der Waals surface area (Å²) >= 11 is 5.94. The number of rotatable bonds is 5. The molecular weight excluding hydrogens is 290 g/mol. The van der Waals surface area contributed by atoms with Crippen molar-refractivity contribution in [2.75, 3.05) is 6.54 Å². The van der Waals surface area contributed by atoms with Gasteiger partial charge in [0.2, 0.25) is 11.7 Å². The molecule has 1 heterocycles. The summed E-state index contributed by atoms with van der Waals surface area (Å²) in [5.41, 5.74) is 6.53. The predicted octanol–water partition coefficient (Wildman–Crippen LogP) is 2.25. The summed E-state index contributed by atoms with van der Waals surface area (Å²) in [4.78, 5) is 8.50. The number of hydrogen-bond acceptors (Lipinski definition) is 4. The van der Waals surface area contributed by atoms with Crippen molar-refractivity contribution in [2.45, 2.75) is 26.3 Å². The van der Waals surface area contributed by atoms with Crippen LogP contribution in [0.2, 0.25) is 5.02 Å². The first-order valence-corrected chi connectivity index (χ1v) is 7.07. The summed E-state index contributed by atoms with van der Waals surface area (Å²) in [6.07, 6.45) is 0.536. The second-order valence-corrected chi connectivity index (χ2v) is 5.27. The Morgan fingerprint density at radius 1 is 1.48 bits per heavy atom. The van der Waals surface area contributed by atoms with Gasteiger partial charge in [-0.1, -0.05) is 28.9 Å². The Balaban J connectivity index is 1.95. The molecule has 0 saturated carbocycles. The van der Waals surface area contributed by atoms with Gasteiger partial charge in [-0.2, -0.15) is 4.98 Å². The highest BCUT2D eigenvalue weighted by Gasteiger charge is 2.08. The van der Waals surface area contributed by atoms with E-state index in [-0.39, 0.29) is 6.04 Å². The Bertz CT molecular complexity index is 623. The molecule has 0 amide bonds. The smallest absolute Gasteiger partial charge is 0.228 e. The molecule has 0 unspecified atom stereocenters. The monoisotopic (exact) mass is 307 g/mol. The van der Waals surface area contributed by atoms with Crippen LogP contribution in [0.5, 0.6) is 0 Å². The molecule has 2 aromatic rings. The molecule has 0 saturated heterocycles. The molecule has 0 aliphatic rings. The van der Waals surface area contributed by atoms with Crippen LogP contribution in [0.25, 0.3) is 11.4 Å². The van der Waals surface area contributed by atoms with Gasteiger partial charge >= 0.3 is 0 Å². The molecule has 3 N–H and O–H groups in total. The summed E-state index contributed by atoms with van der Waals surface area (Å²) in [6, 6.07) is 7.57. The van der Waals surface area contributed by atoms with Crippen LogP contribution in [-0.4, -0.2) is 28.7 Å². The van der Waals surface area contributed by atoms with Crippen molar-refractivity contribution in [3.63, 3.8) is 0 Å². The first kappa shape index (κ1) is 15.3. The van der Waals surface area contributed by atoms with E-state index < -0.39 is 0 Å². The number of halogens is 1. The van der Waals surface area contributed by atoms with E-state index in [0.717, 1.165) is 5.56 Å². The van der Waals surface area contributed by atoms with Crippen LogP contribution in [0.15, 0.2) is 33.8 Å². The quantitative estimate of drug-likeness (QED) is 0.653. The molecule has 21 heavy (non-hydrogen) atoms. The maximum atomic E-state index is 5.94. The van der Waals surface area contributed by atoms with Gasteiger partial charge in [0, 0.05) is 23.0 Å². The fourth-order valence-electron chi connectivity index (χ4n) is 1.71. The van der Waals surface area contributed by atoms with Gasteiger partial charge in [-0.3, -0.25) is 4.99 Å². The predicted molar refractivity (Wildman–Crippen MR) is 83.2 cm³/mol. The van der Waals surface area contributed by atoms with Crippen LogP contribution >= 0.6 is 11.6 Å². The normalized spacial score (nSPS) is 11.9. The first-order chi connectivity index (χ1) is 10.0. The summed E-state index contributed by atoms with van der Waals surface area (Å²) < 4.78 is 5.19. The SMILES string of the molecule is CC(C)NC(N)=NCCc1nc(-c2cccc(Cl)c2)no1. The van der Waals surface area contributed by atoms with E-state index in [1.807, 2.05) is 26.0 Å². The van der Waals surface area contributed by atoms with Gasteiger partial charge in [-0.15, -0.1) is 0 Å². The summed E-state index contributed by atoms with van der Waals surface area (Å²) in [7, 11) is 0. The Morgan fingerprint density at radius 3 is 3.00 bits per heavy atom. The Morgan fingerprint density at radius 2 is 2.29 bits per heavy atom. The second-order valence-electron chi connectivity index (χ2n) is 4.84. The molecule has 0 bridgehead atoms. The second kappa shape index (κ2) is 7.08. The summed E-state index contributed by atoms with van der Waals surface area (Å²) in [5.74, 6) is 1.45. The van der Waals surface area contributed by atoms with Gasteiger partial charge in [0.25, 0.3) is 0 Å². The Labute approximate surface area is 128 Å². The minimum atomic E-state index is 0.256. The molecular formula is C14H18ClN5O. The van der Waals surface area contributed by atoms with E-state index in [1.54, 1.807) is 12.1 Å². The van der Waals surface area contributed by atoms with Crippen molar-refractivity contribution in [3.05, 3.63) is 35.2 Å². The van der Waals surface area contributed by atoms with Crippen LogP contribution in [0, 0.1) is 0 Å². The molecule has 0 aliphatic carbocycles. The molecule has 1 aromatic heterocycles. The summed E-state index contributed by atoms with van der Waals surface area (Å²) in [6.45, 7) is 4.48. The van der Waals surface area contributed by atoms with E-state index in [1.165, 1.54) is 0 Å². The van der Waals surface area contributed by atoms with Crippen LogP contribution < -0.4 is 11.1 Å². The van der Waals surface area contributed by atoms with Crippen molar-refractivity contribution >= 4 is 17.6 Å². The third-order valence-corrected chi connectivity index (χ3v) is 2.83. The number of nitrogens with one attached hydrogen (secondary N) is 1. The zero-order chi connectivity index (χ0) is 15.2. The first-order valence-electron chi connectivity index (χ1n) is 6.69. The minimum Gasteiger partial charge on any atom is -0.370 e. The maximum Gasteiger partial charge on any atom is 0.228 e. The fourth-order valence-corrected chi connectivity index (χ4v) is 1.90. The van der Waals surface area contributed by atoms with Crippen molar-refractivity contribution in [1.29, 1.82) is 0 Å². The minimum absolute atomic E-state index is 0.256. The zero-order valence-electron chi connectivity index (χ0n) is 12.0. The Hall–Kier alpha value is -2.08. The lowest BCUT2D eigenvalue weighted by atomic mass is 10.2. The number of nitrogens with zero attached hydrogens (tertiary/aromatic N) is 3. The fraction of sp³-hybridized carbons (Fsp3) is 0.357. The van der Waals surface area contributed by atoms with E-state index in [4.69, 9.17) is 21.9 Å². The molecule has 2 rings (SSSR count). The lowest BCUT2D eigenvalue weighted by molar-refractivity contribution is 0.380. The molecule has 0 fully saturated rings. The van der Waals surface area contributed by atoms with Crippen molar-refractivity contribution in [3.8, 4) is 11.4 Å². The lowest BCUT2D eigenvalue weighted by Gasteiger charge is -2.07. The van der Waals surface area contributed by atoms with Crippen molar-refractivity contribution in [1.82, 2.24) is 15.5 Å². The number of nitrogens with two attached hydrogens (primary N) is 1. The number of guanidine groups is 1. The number of hydrogen-bond donors (Lipinski definition) is 2. The third-order valence-electron chi connectivity index (χ3n) is 2.60. The van der Waals surface area contributed by atoms with Crippen molar-refractivity contribution < 1.29 is 4.52 Å². The maximum absolute atomic E-state index is 5.94.